The highest BCUT2D eigenvalue weighted by Gasteiger charge is 2.19. The number of hydrogen-bond donors (Lipinski definition) is 2. The molecular formula is C21H21FN4O5S. The number of hydrazine groups is 1. The van der Waals surface area contributed by atoms with Crippen molar-refractivity contribution in [1.29, 1.82) is 0 Å². The van der Waals surface area contributed by atoms with E-state index in [4.69, 9.17) is 4.42 Å². The van der Waals surface area contributed by atoms with E-state index in [9.17, 15) is 22.4 Å². The van der Waals surface area contributed by atoms with E-state index < -0.39 is 27.7 Å². The minimum absolute atomic E-state index is 0.0453. The van der Waals surface area contributed by atoms with E-state index in [0.717, 1.165) is 4.31 Å². The number of halogens is 1. The van der Waals surface area contributed by atoms with Gasteiger partial charge < -0.3 is 4.42 Å². The number of oxazole rings is 1. The molecule has 9 nitrogen and oxygen atoms in total. The molecule has 0 radical (unpaired) electrons. The first kappa shape index (κ1) is 23.1. The molecule has 0 saturated heterocycles. The van der Waals surface area contributed by atoms with Gasteiger partial charge in [0, 0.05) is 32.5 Å². The molecule has 0 unspecified atom stereocenters. The van der Waals surface area contributed by atoms with Gasteiger partial charge in [-0.15, -0.1) is 0 Å². The lowest BCUT2D eigenvalue weighted by molar-refractivity contribution is -0.121. The van der Waals surface area contributed by atoms with Crippen LogP contribution >= 0.6 is 0 Å². The van der Waals surface area contributed by atoms with Gasteiger partial charge in [0.25, 0.3) is 5.91 Å². The van der Waals surface area contributed by atoms with Crippen LogP contribution in [0.1, 0.15) is 22.7 Å². The molecule has 3 rings (SSSR count). The molecule has 0 fully saturated rings. The Morgan fingerprint density at radius 1 is 1.09 bits per heavy atom. The highest BCUT2D eigenvalue weighted by Crippen LogP contribution is 2.23. The number of carbonyl (C=O) groups excluding carboxylic acids is 2. The van der Waals surface area contributed by atoms with Crippen molar-refractivity contribution in [3.05, 3.63) is 72.0 Å². The highest BCUT2D eigenvalue weighted by atomic mass is 32.2. The summed E-state index contributed by atoms with van der Waals surface area (Å²) in [4.78, 5) is 28.3. The zero-order chi connectivity index (χ0) is 23.3. The standard InChI is InChI=1S/C21H21FN4O5S/c1-26(2)32(29,30)15-7-5-6-14(12-15)21(28)25-24-19(27)10-11-20-23-13-18(31-20)16-8-3-4-9-17(16)22/h3-9,12-13H,10-11H2,1-2H3,(H,24,27)(H,25,28). The van der Waals surface area contributed by atoms with E-state index in [-0.39, 0.29) is 40.5 Å². The number of carbonyl (C=O) groups is 2. The number of rotatable bonds is 7. The van der Waals surface area contributed by atoms with Gasteiger partial charge in [0.05, 0.1) is 16.7 Å². The summed E-state index contributed by atoms with van der Waals surface area (Å²) in [5.74, 6) is -1.14. The second-order valence-corrected chi connectivity index (χ2v) is 9.07. The minimum atomic E-state index is -3.70. The number of aryl methyl sites for hydroxylation is 1. The Kier molecular flexibility index (Phi) is 7.01. The molecule has 0 saturated carbocycles. The Morgan fingerprint density at radius 2 is 1.84 bits per heavy atom. The number of nitrogens with one attached hydrogen (secondary N) is 2. The molecule has 0 aliphatic heterocycles. The van der Waals surface area contributed by atoms with Gasteiger partial charge in [0.2, 0.25) is 15.9 Å². The normalized spacial score (nSPS) is 11.4. The first-order chi connectivity index (χ1) is 15.2. The Bertz CT molecular complexity index is 1240. The first-order valence-corrected chi connectivity index (χ1v) is 10.9. The van der Waals surface area contributed by atoms with Gasteiger partial charge in [0.15, 0.2) is 11.7 Å². The topological polar surface area (TPSA) is 122 Å². The molecule has 3 aromatic rings. The quantitative estimate of drug-likeness (QED) is 0.521. The summed E-state index contributed by atoms with van der Waals surface area (Å²) in [5.41, 5.74) is 4.82. The van der Waals surface area contributed by atoms with E-state index >= 15 is 0 Å². The van der Waals surface area contributed by atoms with Gasteiger partial charge in [0.1, 0.15) is 5.82 Å². The number of nitrogens with zero attached hydrogens (tertiary/aromatic N) is 2. The third-order valence-corrected chi connectivity index (χ3v) is 6.26. The Morgan fingerprint density at radius 3 is 2.56 bits per heavy atom. The van der Waals surface area contributed by atoms with Gasteiger partial charge in [-0.2, -0.15) is 0 Å². The van der Waals surface area contributed by atoms with Crippen molar-refractivity contribution in [3.8, 4) is 11.3 Å². The summed E-state index contributed by atoms with van der Waals surface area (Å²) in [5, 5.41) is 0. The lowest BCUT2D eigenvalue weighted by atomic mass is 10.2. The first-order valence-electron chi connectivity index (χ1n) is 9.50. The van der Waals surface area contributed by atoms with Crippen molar-refractivity contribution < 1.29 is 26.8 Å². The van der Waals surface area contributed by atoms with Gasteiger partial charge in [-0.1, -0.05) is 18.2 Å². The van der Waals surface area contributed by atoms with Gasteiger partial charge in [-0.05, 0) is 30.3 Å². The van der Waals surface area contributed by atoms with Crippen LogP contribution in [0.3, 0.4) is 0 Å². The van der Waals surface area contributed by atoms with Crippen LogP contribution in [-0.4, -0.2) is 43.6 Å². The monoisotopic (exact) mass is 460 g/mol. The van der Waals surface area contributed by atoms with Crippen molar-refractivity contribution in [2.45, 2.75) is 17.7 Å². The smallest absolute Gasteiger partial charge is 0.269 e. The third kappa shape index (κ3) is 5.37. The molecule has 0 aliphatic carbocycles. The summed E-state index contributed by atoms with van der Waals surface area (Å²) >= 11 is 0. The van der Waals surface area contributed by atoms with Crippen LogP contribution in [0.5, 0.6) is 0 Å². The zero-order valence-corrected chi connectivity index (χ0v) is 18.1. The number of sulfonamides is 1. The summed E-state index contributed by atoms with van der Waals surface area (Å²) in [6, 6.07) is 11.5. The fourth-order valence-electron chi connectivity index (χ4n) is 2.70. The van der Waals surface area contributed by atoms with E-state index in [2.05, 4.69) is 15.8 Å². The van der Waals surface area contributed by atoms with E-state index in [1.807, 2.05) is 0 Å². The number of benzene rings is 2. The van der Waals surface area contributed by atoms with Crippen LogP contribution in [0.15, 0.2) is 64.0 Å². The molecule has 11 heteroatoms. The Hall–Kier alpha value is -3.57. The van der Waals surface area contributed by atoms with Crippen LogP contribution in [0.2, 0.25) is 0 Å². The second-order valence-electron chi connectivity index (χ2n) is 6.92. The van der Waals surface area contributed by atoms with Gasteiger partial charge in [-0.3, -0.25) is 20.4 Å². The molecule has 0 spiro atoms. The van der Waals surface area contributed by atoms with Crippen molar-refractivity contribution in [2.24, 2.45) is 0 Å². The molecule has 0 bridgehead atoms. The molecular weight excluding hydrogens is 439 g/mol. The summed E-state index contributed by atoms with van der Waals surface area (Å²) in [6.07, 6.45) is 1.46. The lowest BCUT2D eigenvalue weighted by Crippen LogP contribution is -2.41. The second kappa shape index (κ2) is 9.71. The largest absolute Gasteiger partial charge is 0.441 e. The molecule has 2 N–H and O–H groups in total. The summed E-state index contributed by atoms with van der Waals surface area (Å²) < 4.78 is 44.7. The lowest BCUT2D eigenvalue weighted by Gasteiger charge is -2.12. The molecule has 0 atom stereocenters. The average molecular weight is 460 g/mol. The summed E-state index contributed by atoms with van der Waals surface area (Å²) in [7, 11) is -0.930. The Labute approximate surface area is 184 Å². The molecule has 32 heavy (non-hydrogen) atoms. The van der Waals surface area contributed by atoms with Crippen LogP contribution < -0.4 is 10.9 Å². The maximum absolute atomic E-state index is 13.8. The number of aromatic nitrogens is 1. The van der Waals surface area contributed by atoms with Crippen molar-refractivity contribution >= 4 is 21.8 Å². The molecule has 2 aromatic carbocycles. The predicted molar refractivity (Wildman–Crippen MR) is 113 cm³/mol. The molecule has 2 amide bonds. The van der Waals surface area contributed by atoms with Crippen molar-refractivity contribution in [2.75, 3.05) is 14.1 Å². The number of hydrogen-bond acceptors (Lipinski definition) is 6. The van der Waals surface area contributed by atoms with E-state index in [1.165, 1.54) is 50.6 Å². The third-order valence-electron chi connectivity index (χ3n) is 4.45. The van der Waals surface area contributed by atoms with Crippen LogP contribution in [0, 0.1) is 5.82 Å². The molecule has 168 valence electrons. The van der Waals surface area contributed by atoms with Gasteiger partial charge >= 0.3 is 0 Å². The minimum Gasteiger partial charge on any atom is -0.441 e. The molecule has 1 aromatic heterocycles. The van der Waals surface area contributed by atoms with Crippen LogP contribution in [0.4, 0.5) is 4.39 Å². The maximum atomic E-state index is 13.8. The maximum Gasteiger partial charge on any atom is 0.269 e. The number of amides is 2. The van der Waals surface area contributed by atoms with E-state index in [1.54, 1.807) is 18.2 Å². The van der Waals surface area contributed by atoms with Crippen LogP contribution in [0.25, 0.3) is 11.3 Å². The molecule has 0 aliphatic rings. The average Bonchev–Trinajstić information content (AvgIpc) is 3.25. The van der Waals surface area contributed by atoms with Crippen LogP contribution in [-0.2, 0) is 21.2 Å². The SMILES string of the molecule is CN(C)S(=O)(=O)c1cccc(C(=O)NNC(=O)CCc2ncc(-c3ccccc3F)o2)c1. The summed E-state index contributed by atoms with van der Waals surface area (Å²) in [6.45, 7) is 0. The molecule has 1 heterocycles. The van der Waals surface area contributed by atoms with Crippen molar-refractivity contribution in [3.63, 3.8) is 0 Å². The van der Waals surface area contributed by atoms with Gasteiger partial charge in [-0.25, -0.2) is 22.1 Å². The fraction of sp³-hybridized carbons (Fsp3) is 0.190. The fourth-order valence-corrected chi connectivity index (χ4v) is 3.65. The Balaban J connectivity index is 1.54. The van der Waals surface area contributed by atoms with Crippen molar-refractivity contribution in [1.82, 2.24) is 20.1 Å². The predicted octanol–water partition coefficient (Wildman–Crippen LogP) is 2.12. The highest BCUT2D eigenvalue weighted by molar-refractivity contribution is 7.89. The van der Waals surface area contributed by atoms with E-state index in [0.29, 0.717) is 0 Å². The zero-order valence-electron chi connectivity index (χ0n) is 17.3.